The van der Waals surface area contributed by atoms with Gasteiger partial charge in [-0.15, -0.1) is 11.8 Å². The Hall–Kier alpha value is -1.40. The first-order chi connectivity index (χ1) is 9.44. The maximum Gasteiger partial charge on any atom is 0.339 e. The Kier molecular flexibility index (Phi) is 6.16. The number of aliphatic hydroxyl groups excluding tert-OH is 1. The normalized spacial score (nSPS) is 12.2. The number of carbonyl (C=O) groups excluding carboxylic acids is 1. The lowest BCUT2D eigenvalue weighted by molar-refractivity contribution is -0.150. The summed E-state index contributed by atoms with van der Waals surface area (Å²) in [5.41, 5.74) is 0.273. The van der Waals surface area contributed by atoms with Crippen molar-refractivity contribution in [3.05, 3.63) is 17.7 Å². The highest BCUT2D eigenvalue weighted by atomic mass is 32.2. The van der Waals surface area contributed by atoms with Gasteiger partial charge in [0, 0.05) is 10.1 Å². The minimum absolute atomic E-state index is 0.273. The lowest BCUT2D eigenvalue weighted by Gasteiger charge is -2.18. The third-order valence-electron chi connectivity index (χ3n) is 2.59. The van der Waals surface area contributed by atoms with Gasteiger partial charge in [0.1, 0.15) is 11.5 Å². The molecule has 112 valence electrons. The summed E-state index contributed by atoms with van der Waals surface area (Å²) in [6.07, 6.45) is -1.44. The third-order valence-corrected chi connectivity index (χ3v) is 3.57. The van der Waals surface area contributed by atoms with E-state index in [0.29, 0.717) is 16.7 Å². The van der Waals surface area contributed by atoms with E-state index in [4.69, 9.17) is 9.47 Å². The van der Waals surface area contributed by atoms with Crippen molar-refractivity contribution >= 4 is 17.7 Å². The molecule has 0 radical (unpaired) electrons. The minimum Gasteiger partial charge on any atom is -0.496 e. The highest BCUT2D eigenvalue weighted by molar-refractivity contribution is 7.99. The molecule has 1 N–H and O–H groups in total. The van der Waals surface area contributed by atoms with Gasteiger partial charge in [0.05, 0.1) is 26.9 Å². The van der Waals surface area contributed by atoms with Crippen LogP contribution < -0.4 is 9.47 Å². The van der Waals surface area contributed by atoms with Crippen LogP contribution in [0.2, 0.25) is 0 Å². The molecule has 0 heterocycles. The van der Waals surface area contributed by atoms with Crippen LogP contribution >= 0.6 is 11.8 Å². The van der Waals surface area contributed by atoms with E-state index in [1.165, 1.54) is 21.3 Å². The molecule has 0 aliphatic rings. The van der Waals surface area contributed by atoms with Crippen LogP contribution in [0.4, 0.5) is 0 Å². The molecule has 20 heavy (non-hydrogen) atoms. The number of methoxy groups -OCH3 is 3. The van der Waals surface area contributed by atoms with E-state index >= 15 is 0 Å². The largest absolute Gasteiger partial charge is 0.496 e. The monoisotopic (exact) mass is 300 g/mol. The third kappa shape index (κ3) is 3.80. The van der Waals surface area contributed by atoms with E-state index < -0.39 is 12.1 Å². The van der Waals surface area contributed by atoms with Crippen LogP contribution in [0.5, 0.6) is 11.5 Å². The molecule has 1 aromatic rings. The van der Waals surface area contributed by atoms with Gasteiger partial charge in [-0.3, -0.25) is 0 Å². The predicted molar refractivity (Wildman–Crippen MR) is 77.5 cm³/mol. The van der Waals surface area contributed by atoms with Crippen LogP contribution in [0.25, 0.3) is 0 Å². The molecule has 0 spiro atoms. The molecule has 1 rings (SSSR count). The Morgan fingerprint density at radius 2 is 1.65 bits per heavy atom. The van der Waals surface area contributed by atoms with Crippen molar-refractivity contribution < 1.29 is 24.1 Å². The van der Waals surface area contributed by atoms with Crippen LogP contribution in [-0.2, 0) is 9.53 Å². The Balaban J connectivity index is 3.31. The Bertz CT molecular complexity index is 448. The first-order valence-electron chi connectivity index (χ1n) is 6.13. The summed E-state index contributed by atoms with van der Waals surface area (Å²) in [6, 6.07) is 3.54. The van der Waals surface area contributed by atoms with Gasteiger partial charge >= 0.3 is 5.97 Å². The second kappa shape index (κ2) is 7.40. The molecule has 5 nitrogen and oxygen atoms in total. The van der Waals surface area contributed by atoms with Gasteiger partial charge in [-0.2, -0.15) is 0 Å². The smallest absolute Gasteiger partial charge is 0.339 e. The summed E-state index contributed by atoms with van der Waals surface area (Å²) in [5, 5.41) is 10.4. The van der Waals surface area contributed by atoms with Crippen molar-refractivity contribution in [3.8, 4) is 11.5 Å². The zero-order valence-electron chi connectivity index (χ0n) is 12.3. The summed E-state index contributed by atoms with van der Waals surface area (Å²) in [7, 11) is 4.17. The van der Waals surface area contributed by atoms with Crippen LogP contribution in [0.3, 0.4) is 0 Å². The molecule has 0 aliphatic carbocycles. The lowest BCUT2D eigenvalue weighted by Crippen LogP contribution is -2.15. The van der Waals surface area contributed by atoms with E-state index in [9.17, 15) is 9.90 Å². The second-order valence-corrected chi connectivity index (χ2v) is 5.98. The average Bonchev–Trinajstić information content (AvgIpc) is 2.43. The van der Waals surface area contributed by atoms with E-state index in [2.05, 4.69) is 18.6 Å². The maximum absolute atomic E-state index is 11.5. The highest BCUT2D eigenvalue weighted by Gasteiger charge is 2.27. The van der Waals surface area contributed by atoms with Crippen LogP contribution in [0.15, 0.2) is 17.0 Å². The average molecular weight is 300 g/mol. The molecule has 1 unspecified atom stereocenters. The Labute approximate surface area is 123 Å². The van der Waals surface area contributed by atoms with Gasteiger partial charge in [-0.1, -0.05) is 13.8 Å². The molecule has 0 fully saturated rings. The SMILES string of the molecule is COC(=O)C(O)c1c(OC)cc(SC(C)C)cc1OC. The van der Waals surface area contributed by atoms with Crippen molar-refractivity contribution in [1.29, 1.82) is 0 Å². The predicted octanol–water partition coefficient (Wildman–Crippen LogP) is 2.41. The molecule has 0 saturated carbocycles. The second-order valence-electron chi connectivity index (χ2n) is 4.33. The van der Waals surface area contributed by atoms with Gasteiger partial charge in [0.25, 0.3) is 0 Å². The number of benzene rings is 1. The number of esters is 1. The standard InChI is InChI=1S/C14H20O5S/c1-8(2)20-9-6-10(17-3)12(11(7-9)18-4)13(15)14(16)19-5/h6-8,13,15H,1-5H3. The molecule has 0 bridgehead atoms. The molecule has 0 aliphatic heterocycles. The van der Waals surface area contributed by atoms with Crippen molar-refractivity contribution in [3.63, 3.8) is 0 Å². The Morgan fingerprint density at radius 3 is 2.00 bits per heavy atom. The van der Waals surface area contributed by atoms with Gasteiger partial charge in [-0.25, -0.2) is 4.79 Å². The summed E-state index contributed by atoms with van der Waals surface area (Å²) in [5.74, 6) is 0.0293. The Morgan fingerprint density at radius 1 is 1.15 bits per heavy atom. The summed E-state index contributed by atoms with van der Waals surface area (Å²) < 4.78 is 15.1. The zero-order valence-corrected chi connectivity index (χ0v) is 13.1. The number of hydrogen-bond donors (Lipinski definition) is 1. The van der Waals surface area contributed by atoms with Gasteiger partial charge in [0.2, 0.25) is 0 Å². The van der Waals surface area contributed by atoms with E-state index in [0.717, 1.165) is 4.90 Å². The zero-order chi connectivity index (χ0) is 15.3. The molecule has 1 aromatic carbocycles. The number of carbonyl (C=O) groups is 1. The van der Waals surface area contributed by atoms with E-state index in [-0.39, 0.29) is 5.56 Å². The number of thioether (sulfide) groups is 1. The summed E-state index contributed by atoms with van der Waals surface area (Å²) in [6.45, 7) is 4.14. The minimum atomic E-state index is -1.44. The van der Waals surface area contributed by atoms with Gasteiger partial charge < -0.3 is 19.3 Å². The quantitative estimate of drug-likeness (QED) is 0.643. The first kappa shape index (κ1) is 16.7. The molecular formula is C14H20O5S. The lowest BCUT2D eigenvalue weighted by atomic mass is 10.1. The molecule has 1 atom stereocenters. The van der Waals surface area contributed by atoms with Crippen molar-refractivity contribution in [1.82, 2.24) is 0 Å². The van der Waals surface area contributed by atoms with E-state index in [1.54, 1.807) is 23.9 Å². The first-order valence-corrected chi connectivity index (χ1v) is 7.01. The maximum atomic E-state index is 11.5. The molecule has 0 amide bonds. The van der Waals surface area contributed by atoms with Crippen LogP contribution in [0, 0.1) is 0 Å². The van der Waals surface area contributed by atoms with Crippen LogP contribution in [-0.4, -0.2) is 37.7 Å². The highest BCUT2D eigenvalue weighted by Crippen LogP contribution is 2.39. The number of ether oxygens (including phenoxy) is 3. The van der Waals surface area contributed by atoms with Crippen molar-refractivity contribution in [2.24, 2.45) is 0 Å². The van der Waals surface area contributed by atoms with E-state index in [1.807, 2.05) is 0 Å². The molecule has 0 aromatic heterocycles. The molecule has 6 heteroatoms. The summed E-state index contributed by atoms with van der Waals surface area (Å²) in [4.78, 5) is 12.5. The fourth-order valence-corrected chi connectivity index (χ4v) is 2.65. The fourth-order valence-electron chi connectivity index (χ4n) is 1.75. The number of aliphatic hydroxyl groups is 1. The van der Waals surface area contributed by atoms with Crippen molar-refractivity contribution in [2.75, 3.05) is 21.3 Å². The molecular weight excluding hydrogens is 280 g/mol. The molecule has 0 saturated heterocycles. The van der Waals surface area contributed by atoms with Gasteiger partial charge in [0.15, 0.2) is 6.10 Å². The van der Waals surface area contributed by atoms with Crippen molar-refractivity contribution in [2.45, 2.75) is 30.1 Å². The fraction of sp³-hybridized carbons (Fsp3) is 0.500. The van der Waals surface area contributed by atoms with Crippen LogP contribution in [0.1, 0.15) is 25.5 Å². The summed E-state index contributed by atoms with van der Waals surface area (Å²) >= 11 is 1.63. The topological polar surface area (TPSA) is 65.0 Å². The number of hydrogen-bond acceptors (Lipinski definition) is 6. The van der Waals surface area contributed by atoms with Gasteiger partial charge in [-0.05, 0) is 12.1 Å². The number of rotatable bonds is 6.